The molecule has 8 N–H and O–H groups in total. The molecule has 0 amide bonds. The van der Waals surface area contributed by atoms with Crippen molar-refractivity contribution < 1.29 is 52.1 Å². The molecule has 75 heavy (non-hydrogen) atoms. The second kappa shape index (κ2) is 24.9. The molecule has 7 aromatic carbocycles. The molecule has 15 heteroatoms. The van der Waals surface area contributed by atoms with Gasteiger partial charge in [-0.05, 0) is 91.3 Å². The van der Waals surface area contributed by atoms with E-state index in [1.807, 2.05) is 212 Å². The normalized spacial score (nSPS) is 29.5. The summed E-state index contributed by atoms with van der Waals surface area (Å²) in [7, 11) is 0. The summed E-state index contributed by atoms with van der Waals surface area (Å²) < 4.78 is 75.7. The largest absolute Gasteiger partial charge is 0.491 e. The predicted octanol–water partition coefficient (Wildman–Crippen LogP) is 7.32. The average molecular weight is 1020 g/mol. The molecule has 0 bridgehead atoms. The van der Waals surface area contributed by atoms with Gasteiger partial charge in [0.05, 0.1) is 6.04 Å². The van der Waals surface area contributed by atoms with Crippen molar-refractivity contribution in [3.05, 3.63) is 212 Å². The van der Waals surface area contributed by atoms with Gasteiger partial charge in [-0.2, -0.15) is 0 Å². The summed E-state index contributed by atoms with van der Waals surface area (Å²) in [6.07, 6.45) is -11.0. The smallest absolute Gasteiger partial charge is 0.199 e. The lowest BCUT2D eigenvalue weighted by molar-refractivity contribution is -0.321. The van der Waals surface area contributed by atoms with E-state index in [2.05, 4.69) is 0 Å². The van der Waals surface area contributed by atoms with Crippen LogP contribution in [0.15, 0.2) is 212 Å². The second-order valence-corrected chi connectivity index (χ2v) is 18.7. The predicted molar refractivity (Wildman–Crippen MR) is 282 cm³/mol. The van der Waals surface area contributed by atoms with Crippen molar-refractivity contribution in [2.24, 2.45) is 22.9 Å². The number of hydrogen-bond acceptors (Lipinski definition) is 15. The van der Waals surface area contributed by atoms with Crippen LogP contribution in [0.5, 0.6) is 40.2 Å². The van der Waals surface area contributed by atoms with Crippen LogP contribution in [0.25, 0.3) is 0 Å². The number of rotatable bonds is 20. The molecular weight excluding hydrogens is 953 g/mol. The highest BCUT2D eigenvalue weighted by atomic mass is 16.7. The number of para-hydroxylation sites is 7. The second-order valence-electron chi connectivity index (χ2n) is 18.7. The van der Waals surface area contributed by atoms with Crippen molar-refractivity contribution in [1.29, 1.82) is 0 Å². The minimum absolute atomic E-state index is 0.0353. The molecule has 15 nitrogen and oxygen atoms in total. The van der Waals surface area contributed by atoms with Gasteiger partial charge in [0.25, 0.3) is 0 Å². The van der Waals surface area contributed by atoms with Crippen LogP contribution < -0.4 is 56.1 Å². The van der Waals surface area contributed by atoms with E-state index in [1.54, 1.807) is 0 Å². The number of nitrogens with two attached hydrogens (primary N) is 4. The van der Waals surface area contributed by atoms with Gasteiger partial charge in [-0.1, -0.05) is 127 Å². The van der Waals surface area contributed by atoms with Gasteiger partial charge in [-0.25, -0.2) is 0 Å². The Kier molecular flexibility index (Phi) is 17.0. The zero-order valence-corrected chi connectivity index (χ0v) is 41.3. The fraction of sp³-hybridized carbons (Fsp3) is 0.300. The molecule has 15 atom stereocenters. The molecule has 3 fully saturated rings. The topological polar surface area (TPSA) is 206 Å². The summed E-state index contributed by atoms with van der Waals surface area (Å²) >= 11 is 0. The molecule has 0 unspecified atom stereocenters. The Labute approximate surface area is 437 Å². The van der Waals surface area contributed by atoms with Gasteiger partial charge < -0.3 is 75.0 Å². The van der Waals surface area contributed by atoms with Crippen molar-refractivity contribution in [3.63, 3.8) is 0 Å². The van der Waals surface area contributed by atoms with Crippen molar-refractivity contribution in [3.8, 4) is 40.2 Å². The SMILES string of the molecule is NC[C@@H]1O[C@@H](O[C@H]2[C@H](Oc3ccccc3)[C@@H](O[C@H]3O[C@H](COc4ccccc4)[C@@H](Oc4ccccc4)[C@H](N)[C@H]3Oc3ccccc3)[C@H](N)C[C@@H]2N)[C@@H](Oc2ccccc2)[C@H](Oc2ccccc2)[C@H]1Oc1ccccc1. The summed E-state index contributed by atoms with van der Waals surface area (Å²) in [4.78, 5) is 0. The van der Waals surface area contributed by atoms with E-state index >= 15 is 0 Å². The molecule has 2 heterocycles. The minimum atomic E-state index is -1.18. The minimum Gasteiger partial charge on any atom is -0.491 e. The monoisotopic (exact) mass is 1020 g/mol. The Balaban J connectivity index is 1.02. The fourth-order valence-electron chi connectivity index (χ4n) is 9.74. The lowest BCUT2D eigenvalue weighted by Gasteiger charge is -2.50. The zero-order valence-electron chi connectivity index (χ0n) is 41.3. The van der Waals surface area contributed by atoms with Crippen molar-refractivity contribution in [1.82, 2.24) is 0 Å². The molecule has 2 saturated heterocycles. The van der Waals surface area contributed by atoms with Crippen molar-refractivity contribution in [2.45, 2.75) is 98.2 Å². The third-order valence-electron chi connectivity index (χ3n) is 13.4. The Bertz CT molecular complexity index is 2750. The van der Waals surface area contributed by atoms with Crippen LogP contribution >= 0.6 is 0 Å². The maximum absolute atomic E-state index is 7.34. The average Bonchev–Trinajstić information content (AvgIpc) is 3.45. The van der Waals surface area contributed by atoms with Gasteiger partial charge >= 0.3 is 0 Å². The van der Waals surface area contributed by atoms with E-state index in [0.717, 1.165) is 0 Å². The molecule has 1 aliphatic carbocycles. The van der Waals surface area contributed by atoms with Crippen LogP contribution in [0.2, 0.25) is 0 Å². The van der Waals surface area contributed by atoms with E-state index in [-0.39, 0.29) is 19.6 Å². The summed E-state index contributed by atoms with van der Waals surface area (Å²) in [6.45, 7) is 0.0866. The third kappa shape index (κ3) is 12.8. The summed E-state index contributed by atoms with van der Waals surface area (Å²) in [5, 5.41) is 0. The number of ether oxygens (including phenoxy) is 11. The molecule has 0 aromatic heterocycles. The van der Waals surface area contributed by atoms with Crippen LogP contribution in [0, 0.1) is 0 Å². The highest BCUT2D eigenvalue weighted by Crippen LogP contribution is 2.38. The summed E-state index contributed by atoms with van der Waals surface area (Å²) in [6, 6.07) is 63.5. The maximum Gasteiger partial charge on any atom is 0.199 e. The van der Waals surface area contributed by atoms with E-state index in [4.69, 9.17) is 75.0 Å². The Hall–Kier alpha value is -7.18. The van der Waals surface area contributed by atoms with Crippen LogP contribution in [0.3, 0.4) is 0 Å². The van der Waals surface area contributed by atoms with Gasteiger partial charge in [0.2, 0.25) is 0 Å². The quantitative estimate of drug-likeness (QED) is 0.0591. The first-order valence-corrected chi connectivity index (χ1v) is 25.4. The van der Waals surface area contributed by atoms with Crippen molar-refractivity contribution in [2.75, 3.05) is 13.2 Å². The summed E-state index contributed by atoms with van der Waals surface area (Å²) in [5.41, 5.74) is 28.4. The Morgan fingerprint density at radius 1 is 0.333 bits per heavy atom. The van der Waals surface area contributed by atoms with Crippen LogP contribution in [-0.4, -0.2) is 105 Å². The highest BCUT2D eigenvalue weighted by molar-refractivity contribution is 5.29. The summed E-state index contributed by atoms with van der Waals surface area (Å²) in [5.74, 6) is 3.98. The zero-order chi connectivity index (χ0) is 51.3. The molecule has 10 rings (SSSR count). The standard InChI is InChI=1S/C60H64N4O11/c61-37-48-54(67-41-26-12-3-13-27-41)57(70-44-32-18-6-19-33-44)58(71-45-34-20-7-21-35-45)60(72-48)75-52-47(63)36-46(62)51(56(52)69-43-30-16-5-17-31-43)74-59-55(68-42-28-14-4-15-29-42)50(64)53(66-40-24-10-2-11-25-40)49(73-59)38-65-39-22-8-1-9-23-39/h1-35,46-60H,36-38,61-64H2/t46-,47+,48+,49-,50+,51+,52-,53-,54+,55-,56-,57-,58+,59-,60+/m1/s1. The van der Waals surface area contributed by atoms with Gasteiger partial charge in [-0.3, -0.25) is 0 Å². The van der Waals surface area contributed by atoms with Gasteiger partial charge in [0, 0.05) is 18.6 Å². The molecule has 7 aromatic rings. The molecule has 0 spiro atoms. The molecule has 390 valence electrons. The van der Waals surface area contributed by atoms with E-state index in [9.17, 15) is 0 Å². The molecular formula is C60H64N4O11. The van der Waals surface area contributed by atoms with E-state index in [1.165, 1.54) is 0 Å². The molecule has 0 radical (unpaired) electrons. The maximum atomic E-state index is 7.34. The Morgan fingerprint density at radius 2 is 0.640 bits per heavy atom. The first kappa shape index (κ1) is 51.3. The number of hydrogen-bond donors (Lipinski definition) is 4. The molecule has 1 saturated carbocycles. The van der Waals surface area contributed by atoms with Crippen LogP contribution in [0.1, 0.15) is 6.42 Å². The lowest BCUT2D eigenvalue weighted by atomic mass is 9.83. The lowest BCUT2D eigenvalue weighted by Crippen LogP contribution is -2.71. The van der Waals surface area contributed by atoms with Crippen LogP contribution in [0.4, 0.5) is 0 Å². The van der Waals surface area contributed by atoms with Gasteiger partial charge in [-0.15, -0.1) is 0 Å². The third-order valence-corrected chi connectivity index (χ3v) is 13.4. The fourth-order valence-corrected chi connectivity index (χ4v) is 9.74. The first-order chi connectivity index (χ1) is 36.9. The molecule has 2 aliphatic heterocycles. The number of benzene rings is 7. The highest BCUT2D eigenvalue weighted by Gasteiger charge is 2.56. The van der Waals surface area contributed by atoms with Crippen LogP contribution in [-0.2, 0) is 18.9 Å². The van der Waals surface area contributed by atoms with E-state index in [0.29, 0.717) is 40.2 Å². The van der Waals surface area contributed by atoms with Gasteiger partial charge in [0.1, 0.15) is 77.4 Å². The first-order valence-electron chi connectivity index (χ1n) is 25.4. The van der Waals surface area contributed by atoms with Gasteiger partial charge in [0.15, 0.2) is 43.1 Å². The molecule has 3 aliphatic rings. The van der Waals surface area contributed by atoms with E-state index < -0.39 is 91.7 Å². The Morgan fingerprint density at radius 3 is 1.04 bits per heavy atom. The van der Waals surface area contributed by atoms with Crippen molar-refractivity contribution >= 4 is 0 Å².